The van der Waals surface area contributed by atoms with Crippen LogP contribution in [0.15, 0.2) is 18.2 Å². The molecule has 0 aromatic heterocycles. The van der Waals surface area contributed by atoms with Gasteiger partial charge in [-0.25, -0.2) is 0 Å². The summed E-state index contributed by atoms with van der Waals surface area (Å²) >= 11 is 0. The van der Waals surface area contributed by atoms with Crippen molar-refractivity contribution in [3.8, 4) is 0 Å². The summed E-state index contributed by atoms with van der Waals surface area (Å²) < 4.78 is 0. The first-order chi connectivity index (χ1) is 6.58. The number of hydrogen-bond donors (Lipinski definition) is 2. The van der Waals surface area contributed by atoms with Crippen molar-refractivity contribution in [3.05, 3.63) is 23.8 Å². The molecule has 1 rings (SSSR count). The van der Waals surface area contributed by atoms with Gasteiger partial charge in [-0.15, -0.1) is 0 Å². The Morgan fingerprint density at radius 1 is 1.29 bits per heavy atom. The van der Waals surface area contributed by atoms with Crippen molar-refractivity contribution in [2.45, 2.75) is 27.2 Å². The van der Waals surface area contributed by atoms with Gasteiger partial charge in [0.25, 0.3) is 0 Å². The van der Waals surface area contributed by atoms with E-state index in [4.69, 9.17) is 5.73 Å². The summed E-state index contributed by atoms with van der Waals surface area (Å²) in [6.07, 6.45) is 1.19. The Kier molecular flexibility index (Phi) is 3.81. The quantitative estimate of drug-likeness (QED) is 0.720. The molecule has 2 heteroatoms. The second-order valence-electron chi connectivity index (χ2n) is 4.24. The zero-order valence-corrected chi connectivity index (χ0v) is 9.30. The summed E-state index contributed by atoms with van der Waals surface area (Å²) in [5, 5.41) is 3.38. The maximum absolute atomic E-state index is 5.75. The predicted molar refractivity (Wildman–Crippen MR) is 63.5 cm³/mol. The SMILES string of the molecule is Cc1cc(N)cc(NCCC(C)C)c1. The van der Waals surface area contributed by atoms with Crippen LogP contribution in [0.4, 0.5) is 11.4 Å². The molecule has 3 N–H and O–H groups in total. The van der Waals surface area contributed by atoms with Gasteiger partial charge in [0.1, 0.15) is 0 Å². The van der Waals surface area contributed by atoms with Gasteiger partial charge in [-0.2, -0.15) is 0 Å². The lowest BCUT2D eigenvalue weighted by Crippen LogP contribution is -2.05. The third-order valence-corrected chi connectivity index (χ3v) is 2.15. The maximum Gasteiger partial charge on any atom is 0.0363 e. The van der Waals surface area contributed by atoms with Gasteiger partial charge in [0, 0.05) is 17.9 Å². The van der Waals surface area contributed by atoms with E-state index in [0.29, 0.717) is 0 Å². The molecule has 0 aliphatic heterocycles. The maximum atomic E-state index is 5.75. The zero-order valence-electron chi connectivity index (χ0n) is 9.30. The molecule has 14 heavy (non-hydrogen) atoms. The highest BCUT2D eigenvalue weighted by Crippen LogP contribution is 2.16. The lowest BCUT2D eigenvalue weighted by Gasteiger charge is -2.09. The van der Waals surface area contributed by atoms with Crippen LogP contribution < -0.4 is 11.1 Å². The monoisotopic (exact) mass is 192 g/mol. The third-order valence-electron chi connectivity index (χ3n) is 2.15. The summed E-state index contributed by atoms with van der Waals surface area (Å²) in [7, 11) is 0. The smallest absolute Gasteiger partial charge is 0.0363 e. The number of nitrogens with two attached hydrogens (primary N) is 1. The van der Waals surface area contributed by atoms with Gasteiger partial charge in [-0.1, -0.05) is 13.8 Å². The molecular weight excluding hydrogens is 172 g/mol. The van der Waals surface area contributed by atoms with Crippen LogP contribution in [0.2, 0.25) is 0 Å². The van der Waals surface area contributed by atoms with Gasteiger partial charge in [0.2, 0.25) is 0 Å². The van der Waals surface area contributed by atoms with E-state index in [1.54, 1.807) is 0 Å². The molecule has 0 spiro atoms. The summed E-state index contributed by atoms with van der Waals surface area (Å²) in [5.41, 5.74) is 8.92. The van der Waals surface area contributed by atoms with Crippen molar-refractivity contribution in [1.82, 2.24) is 0 Å². The van der Waals surface area contributed by atoms with Gasteiger partial charge in [-0.05, 0) is 43.0 Å². The first-order valence-electron chi connectivity index (χ1n) is 5.19. The molecule has 0 amide bonds. The first-order valence-corrected chi connectivity index (χ1v) is 5.19. The van der Waals surface area contributed by atoms with Gasteiger partial charge >= 0.3 is 0 Å². The molecule has 0 saturated carbocycles. The minimum Gasteiger partial charge on any atom is -0.399 e. The Bertz CT molecular complexity index is 272. The molecule has 1 aromatic rings. The van der Waals surface area contributed by atoms with Crippen LogP contribution in [-0.4, -0.2) is 6.54 Å². The molecule has 0 aliphatic carbocycles. The summed E-state index contributed by atoms with van der Waals surface area (Å²) in [4.78, 5) is 0. The first kappa shape index (κ1) is 10.9. The Morgan fingerprint density at radius 3 is 2.57 bits per heavy atom. The van der Waals surface area contributed by atoms with Gasteiger partial charge in [0.15, 0.2) is 0 Å². The highest BCUT2D eigenvalue weighted by molar-refractivity contribution is 5.56. The molecule has 0 bridgehead atoms. The fraction of sp³-hybridized carbons (Fsp3) is 0.500. The predicted octanol–water partition coefficient (Wildman–Crippen LogP) is 3.04. The summed E-state index contributed by atoms with van der Waals surface area (Å²) in [6.45, 7) is 7.53. The van der Waals surface area contributed by atoms with E-state index in [1.807, 2.05) is 12.1 Å². The van der Waals surface area contributed by atoms with Crippen LogP contribution in [0.25, 0.3) is 0 Å². The molecule has 0 aliphatic rings. The van der Waals surface area contributed by atoms with Crippen LogP contribution in [0.1, 0.15) is 25.8 Å². The molecular formula is C12H20N2. The van der Waals surface area contributed by atoms with E-state index < -0.39 is 0 Å². The molecule has 0 radical (unpaired) electrons. The van der Waals surface area contributed by atoms with Crippen LogP contribution in [-0.2, 0) is 0 Å². The lowest BCUT2D eigenvalue weighted by atomic mass is 10.1. The minimum atomic E-state index is 0.740. The topological polar surface area (TPSA) is 38.0 Å². The van der Waals surface area contributed by atoms with Crippen molar-refractivity contribution < 1.29 is 0 Å². The van der Waals surface area contributed by atoms with Crippen molar-refractivity contribution in [2.24, 2.45) is 5.92 Å². The van der Waals surface area contributed by atoms with Crippen LogP contribution >= 0.6 is 0 Å². The highest BCUT2D eigenvalue weighted by atomic mass is 14.9. The number of rotatable bonds is 4. The van der Waals surface area contributed by atoms with Crippen molar-refractivity contribution in [1.29, 1.82) is 0 Å². The molecule has 0 saturated heterocycles. The van der Waals surface area contributed by atoms with Crippen LogP contribution in [0.3, 0.4) is 0 Å². The molecule has 0 heterocycles. The molecule has 0 atom stereocenters. The van der Waals surface area contributed by atoms with E-state index in [1.165, 1.54) is 12.0 Å². The number of anilines is 2. The number of nitrogen functional groups attached to an aromatic ring is 1. The Balaban J connectivity index is 2.50. The zero-order chi connectivity index (χ0) is 10.6. The fourth-order valence-corrected chi connectivity index (χ4v) is 1.42. The molecule has 2 nitrogen and oxygen atoms in total. The van der Waals surface area contributed by atoms with Gasteiger partial charge in [-0.3, -0.25) is 0 Å². The van der Waals surface area contributed by atoms with Crippen molar-refractivity contribution >= 4 is 11.4 Å². The second kappa shape index (κ2) is 4.89. The normalized spacial score (nSPS) is 10.6. The summed E-state index contributed by atoms with van der Waals surface area (Å²) in [5.74, 6) is 0.740. The summed E-state index contributed by atoms with van der Waals surface area (Å²) in [6, 6.07) is 6.08. The number of hydrogen-bond acceptors (Lipinski definition) is 2. The molecule has 78 valence electrons. The number of aryl methyl sites for hydroxylation is 1. The standard InChI is InChI=1S/C12H20N2/c1-9(2)4-5-14-12-7-10(3)6-11(13)8-12/h6-9,14H,4-5,13H2,1-3H3. The number of benzene rings is 1. The average molecular weight is 192 g/mol. The largest absolute Gasteiger partial charge is 0.399 e. The van der Waals surface area contributed by atoms with E-state index in [-0.39, 0.29) is 0 Å². The van der Waals surface area contributed by atoms with Gasteiger partial charge in [0.05, 0.1) is 0 Å². The average Bonchev–Trinajstić information content (AvgIpc) is 2.01. The number of nitrogens with one attached hydrogen (secondary N) is 1. The second-order valence-corrected chi connectivity index (χ2v) is 4.24. The van der Waals surface area contributed by atoms with E-state index in [9.17, 15) is 0 Å². The van der Waals surface area contributed by atoms with E-state index in [0.717, 1.165) is 23.8 Å². The van der Waals surface area contributed by atoms with Gasteiger partial charge < -0.3 is 11.1 Å². The van der Waals surface area contributed by atoms with Crippen molar-refractivity contribution in [2.75, 3.05) is 17.6 Å². The Labute approximate surface area is 86.5 Å². The molecule has 0 unspecified atom stereocenters. The van der Waals surface area contributed by atoms with E-state index in [2.05, 4.69) is 32.2 Å². The Morgan fingerprint density at radius 2 is 2.00 bits per heavy atom. The van der Waals surface area contributed by atoms with Crippen molar-refractivity contribution in [3.63, 3.8) is 0 Å². The highest BCUT2D eigenvalue weighted by Gasteiger charge is 1.96. The Hall–Kier alpha value is -1.18. The fourth-order valence-electron chi connectivity index (χ4n) is 1.42. The minimum absolute atomic E-state index is 0.740. The van der Waals surface area contributed by atoms with Crippen LogP contribution in [0, 0.1) is 12.8 Å². The molecule has 1 aromatic carbocycles. The van der Waals surface area contributed by atoms with Crippen LogP contribution in [0.5, 0.6) is 0 Å². The lowest BCUT2D eigenvalue weighted by molar-refractivity contribution is 0.607. The third kappa shape index (κ3) is 3.69. The molecule has 0 fully saturated rings. The van der Waals surface area contributed by atoms with E-state index >= 15 is 0 Å².